The van der Waals surface area contributed by atoms with Gasteiger partial charge in [-0.15, -0.1) is 0 Å². The number of nitrogens with one attached hydrogen (secondary N) is 2. The molecule has 2 amide bonds. The number of benzene rings is 2. The van der Waals surface area contributed by atoms with Crippen LogP contribution < -0.4 is 25.1 Å². The monoisotopic (exact) mass is 372 g/mol. The Balaban J connectivity index is 1.81. The summed E-state index contributed by atoms with van der Waals surface area (Å²) < 4.78 is 16.1. The van der Waals surface area contributed by atoms with Crippen molar-refractivity contribution in [3.63, 3.8) is 0 Å². The minimum atomic E-state index is -0.783. The summed E-state index contributed by atoms with van der Waals surface area (Å²) in [6, 6.07) is 14.2. The molecular weight excluding hydrogens is 348 g/mol. The van der Waals surface area contributed by atoms with Gasteiger partial charge >= 0.3 is 0 Å². The lowest BCUT2D eigenvalue weighted by molar-refractivity contribution is -0.132. The van der Waals surface area contributed by atoms with E-state index in [9.17, 15) is 9.59 Å². The van der Waals surface area contributed by atoms with Crippen molar-refractivity contribution < 1.29 is 23.8 Å². The number of carbonyl (C=O) groups is 2. The summed E-state index contributed by atoms with van der Waals surface area (Å²) in [6.07, 6.45) is -0.701. The molecule has 2 N–H and O–H groups in total. The van der Waals surface area contributed by atoms with E-state index >= 15 is 0 Å². The molecule has 0 heterocycles. The molecule has 7 nitrogen and oxygen atoms in total. The maximum atomic E-state index is 12.1. The Bertz CT molecular complexity index is 761. The fraction of sp³-hybridized carbons (Fsp3) is 0.300. The van der Waals surface area contributed by atoms with Gasteiger partial charge in [0.2, 0.25) is 5.91 Å². The zero-order chi connectivity index (χ0) is 19.6. The fourth-order valence-corrected chi connectivity index (χ4v) is 2.34. The summed E-state index contributed by atoms with van der Waals surface area (Å²) >= 11 is 0. The number of ether oxygens (including phenoxy) is 3. The van der Waals surface area contributed by atoms with E-state index in [2.05, 4.69) is 10.9 Å². The number of rotatable bonds is 8. The normalized spacial score (nSPS) is 11.2. The summed E-state index contributed by atoms with van der Waals surface area (Å²) in [7, 11) is 1.54. The molecule has 0 aromatic heterocycles. The maximum Gasteiger partial charge on any atom is 0.279 e. The second-order valence-corrected chi connectivity index (χ2v) is 5.69. The van der Waals surface area contributed by atoms with Gasteiger partial charge in [-0.05, 0) is 44.2 Å². The molecule has 0 bridgehead atoms. The molecule has 2 aromatic carbocycles. The molecule has 0 aliphatic heterocycles. The topological polar surface area (TPSA) is 85.9 Å². The Kier molecular flexibility index (Phi) is 7.49. The van der Waals surface area contributed by atoms with E-state index in [1.807, 2.05) is 19.1 Å². The van der Waals surface area contributed by atoms with E-state index in [1.54, 1.807) is 50.4 Å². The van der Waals surface area contributed by atoms with Gasteiger partial charge in [-0.2, -0.15) is 0 Å². The highest BCUT2D eigenvalue weighted by Crippen LogP contribution is 2.19. The van der Waals surface area contributed by atoms with Crippen LogP contribution in [0.4, 0.5) is 0 Å². The molecule has 0 unspecified atom stereocenters. The van der Waals surface area contributed by atoms with Crippen LogP contribution in [0.15, 0.2) is 48.5 Å². The van der Waals surface area contributed by atoms with Gasteiger partial charge in [0, 0.05) is 5.56 Å². The first-order valence-corrected chi connectivity index (χ1v) is 8.63. The summed E-state index contributed by atoms with van der Waals surface area (Å²) in [5.74, 6) is 1.05. The van der Waals surface area contributed by atoms with Gasteiger partial charge in [-0.1, -0.05) is 18.2 Å². The lowest BCUT2D eigenvalue weighted by atomic mass is 10.1. The summed E-state index contributed by atoms with van der Waals surface area (Å²) in [5.41, 5.74) is 5.47. The predicted octanol–water partition coefficient (Wildman–Crippen LogP) is 2.25. The Morgan fingerprint density at radius 1 is 1.00 bits per heavy atom. The van der Waals surface area contributed by atoms with Gasteiger partial charge in [0.15, 0.2) is 6.10 Å². The second-order valence-electron chi connectivity index (χ2n) is 5.69. The third-order valence-electron chi connectivity index (χ3n) is 3.69. The van der Waals surface area contributed by atoms with Gasteiger partial charge in [0.05, 0.1) is 20.1 Å². The van der Waals surface area contributed by atoms with E-state index in [1.165, 1.54) is 0 Å². The van der Waals surface area contributed by atoms with E-state index in [0.717, 1.165) is 11.3 Å². The zero-order valence-corrected chi connectivity index (χ0v) is 15.7. The number of amides is 2. The standard InChI is InChI=1S/C20H24N2O5/c1-4-26-16-9-11-17(12-10-16)27-14(2)20(24)22-21-19(23)13-15-7-5-6-8-18(15)25-3/h5-12,14H,4,13H2,1-3H3,(H,21,23)(H,22,24)/t14-/m1/s1. The molecule has 144 valence electrons. The van der Waals surface area contributed by atoms with Crippen LogP contribution in [0, 0.1) is 0 Å². The third kappa shape index (κ3) is 6.22. The fourth-order valence-electron chi connectivity index (χ4n) is 2.34. The van der Waals surface area contributed by atoms with Crippen molar-refractivity contribution >= 4 is 11.8 Å². The van der Waals surface area contributed by atoms with Gasteiger partial charge in [-0.3, -0.25) is 20.4 Å². The largest absolute Gasteiger partial charge is 0.496 e. The summed E-state index contributed by atoms with van der Waals surface area (Å²) in [6.45, 7) is 4.07. The van der Waals surface area contributed by atoms with Crippen molar-refractivity contribution in [3.05, 3.63) is 54.1 Å². The molecule has 27 heavy (non-hydrogen) atoms. The molecule has 7 heteroatoms. The Morgan fingerprint density at radius 2 is 1.67 bits per heavy atom. The molecular formula is C20H24N2O5. The average molecular weight is 372 g/mol. The van der Waals surface area contributed by atoms with Gasteiger partial charge in [0.25, 0.3) is 5.91 Å². The first-order valence-electron chi connectivity index (χ1n) is 8.63. The number of carbonyl (C=O) groups excluding carboxylic acids is 2. The van der Waals surface area contributed by atoms with Crippen molar-refractivity contribution in [2.45, 2.75) is 26.4 Å². The second kappa shape index (κ2) is 10.1. The van der Waals surface area contributed by atoms with Crippen molar-refractivity contribution in [2.75, 3.05) is 13.7 Å². The van der Waals surface area contributed by atoms with E-state index in [-0.39, 0.29) is 12.3 Å². The molecule has 0 radical (unpaired) electrons. The highest BCUT2D eigenvalue weighted by molar-refractivity contribution is 5.85. The first-order chi connectivity index (χ1) is 13.0. The minimum absolute atomic E-state index is 0.0818. The van der Waals surface area contributed by atoms with E-state index in [0.29, 0.717) is 18.1 Å². The van der Waals surface area contributed by atoms with E-state index in [4.69, 9.17) is 14.2 Å². The smallest absolute Gasteiger partial charge is 0.279 e. The van der Waals surface area contributed by atoms with Gasteiger partial charge < -0.3 is 14.2 Å². The van der Waals surface area contributed by atoms with Crippen LogP contribution in [-0.2, 0) is 16.0 Å². The maximum absolute atomic E-state index is 12.1. The lowest BCUT2D eigenvalue weighted by Crippen LogP contribution is -2.47. The van der Waals surface area contributed by atoms with Crippen molar-refractivity contribution in [1.82, 2.24) is 10.9 Å². The van der Waals surface area contributed by atoms with Crippen molar-refractivity contribution in [3.8, 4) is 17.2 Å². The number of hydrogen-bond acceptors (Lipinski definition) is 5. The molecule has 0 spiro atoms. The molecule has 0 aliphatic rings. The Morgan fingerprint density at radius 3 is 2.33 bits per heavy atom. The minimum Gasteiger partial charge on any atom is -0.496 e. The quantitative estimate of drug-likeness (QED) is 0.694. The summed E-state index contributed by atoms with van der Waals surface area (Å²) in [5, 5.41) is 0. The van der Waals surface area contributed by atoms with Crippen LogP contribution in [0.3, 0.4) is 0 Å². The molecule has 0 fully saturated rings. The molecule has 2 rings (SSSR count). The molecule has 0 saturated carbocycles. The highest BCUT2D eigenvalue weighted by atomic mass is 16.5. The van der Waals surface area contributed by atoms with Crippen molar-refractivity contribution in [2.24, 2.45) is 0 Å². The van der Waals surface area contributed by atoms with Crippen LogP contribution in [0.5, 0.6) is 17.2 Å². The van der Waals surface area contributed by atoms with Crippen LogP contribution >= 0.6 is 0 Å². The molecule has 0 saturated heterocycles. The SMILES string of the molecule is CCOc1ccc(O[C@H](C)C(=O)NNC(=O)Cc2ccccc2OC)cc1. The van der Waals surface area contributed by atoms with Gasteiger partial charge in [0.1, 0.15) is 17.2 Å². The zero-order valence-electron chi connectivity index (χ0n) is 15.7. The van der Waals surface area contributed by atoms with Crippen LogP contribution in [-0.4, -0.2) is 31.6 Å². The number of para-hydroxylation sites is 1. The molecule has 0 aliphatic carbocycles. The Labute approximate surface area is 158 Å². The van der Waals surface area contributed by atoms with E-state index < -0.39 is 12.0 Å². The predicted molar refractivity (Wildman–Crippen MR) is 101 cm³/mol. The number of hydrogen-bond donors (Lipinski definition) is 2. The number of hydrazine groups is 1. The van der Waals surface area contributed by atoms with Crippen LogP contribution in [0.1, 0.15) is 19.4 Å². The van der Waals surface area contributed by atoms with Crippen LogP contribution in [0.2, 0.25) is 0 Å². The third-order valence-corrected chi connectivity index (χ3v) is 3.69. The first kappa shape index (κ1) is 20.1. The highest BCUT2D eigenvalue weighted by Gasteiger charge is 2.16. The van der Waals surface area contributed by atoms with Gasteiger partial charge in [-0.25, -0.2) is 0 Å². The molecule has 1 atom stereocenters. The molecule has 2 aromatic rings. The number of methoxy groups -OCH3 is 1. The average Bonchev–Trinajstić information content (AvgIpc) is 2.68. The summed E-state index contributed by atoms with van der Waals surface area (Å²) in [4.78, 5) is 24.1. The lowest BCUT2D eigenvalue weighted by Gasteiger charge is -2.15. The van der Waals surface area contributed by atoms with Crippen molar-refractivity contribution in [1.29, 1.82) is 0 Å². The Hall–Kier alpha value is -3.22. The van der Waals surface area contributed by atoms with Crippen LogP contribution in [0.25, 0.3) is 0 Å².